The number of benzene rings is 1. The molecule has 120 valence electrons. The van der Waals surface area contributed by atoms with Gasteiger partial charge >= 0.3 is 0 Å². The molecule has 3 amide bonds. The summed E-state index contributed by atoms with van der Waals surface area (Å²) in [5.41, 5.74) is 5.11. The van der Waals surface area contributed by atoms with E-state index in [2.05, 4.69) is 16.2 Å². The molecule has 0 aromatic heterocycles. The van der Waals surface area contributed by atoms with Gasteiger partial charge in [-0.2, -0.15) is 0 Å². The highest BCUT2D eigenvalue weighted by molar-refractivity contribution is 5.93. The minimum absolute atomic E-state index is 0.00709. The van der Waals surface area contributed by atoms with E-state index in [1.54, 1.807) is 31.2 Å². The summed E-state index contributed by atoms with van der Waals surface area (Å²) in [6.07, 6.45) is 0.298. The second-order valence-electron chi connectivity index (χ2n) is 4.46. The predicted octanol–water partition coefficient (Wildman–Crippen LogP) is 1.36. The average Bonchev–Trinajstić information content (AvgIpc) is 2.52. The zero-order valence-corrected chi connectivity index (χ0v) is 12.8. The van der Waals surface area contributed by atoms with Gasteiger partial charge in [-0.25, -0.2) is 0 Å². The van der Waals surface area contributed by atoms with Crippen LogP contribution in [0.25, 0.3) is 0 Å². The van der Waals surface area contributed by atoms with Crippen LogP contribution in [0.1, 0.15) is 33.1 Å². The molecule has 0 saturated heterocycles. The van der Waals surface area contributed by atoms with E-state index in [9.17, 15) is 14.4 Å². The van der Waals surface area contributed by atoms with E-state index in [1.807, 2.05) is 6.92 Å². The Kier molecular flexibility index (Phi) is 7.45. The number of carbonyl (C=O) groups excluding carboxylic acids is 3. The van der Waals surface area contributed by atoms with Gasteiger partial charge in [-0.05, 0) is 31.2 Å². The van der Waals surface area contributed by atoms with E-state index >= 15 is 0 Å². The van der Waals surface area contributed by atoms with Gasteiger partial charge < -0.3 is 10.1 Å². The third kappa shape index (κ3) is 6.74. The summed E-state index contributed by atoms with van der Waals surface area (Å²) in [5, 5.41) is 2.68. The summed E-state index contributed by atoms with van der Waals surface area (Å²) in [4.78, 5) is 34.1. The van der Waals surface area contributed by atoms with E-state index in [4.69, 9.17) is 4.74 Å². The Morgan fingerprint density at radius 3 is 2.09 bits per heavy atom. The van der Waals surface area contributed by atoms with Crippen molar-refractivity contribution in [3.63, 3.8) is 0 Å². The molecule has 1 rings (SSSR count). The van der Waals surface area contributed by atoms with Crippen molar-refractivity contribution in [1.29, 1.82) is 0 Å². The average molecular weight is 307 g/mol. The molecule has 0 aliphatic rings. The van der Waals surface area contributed by atoms with Crippen LogP contribution in [0.2, 0.25) is 0 Å². The number of carbonyl (C=O) groups is 3. The van der Waals surface area contributed by atoms with Gasteiger partial charge in [0.1, 0.15) is 5.75 Å². The third-order valence-electron chi connectivity index (χ3n) is 2.69. The second-order valence-corrected chi connectivity index (χ2v) is 4.46. The molecule has 22 heavy (non-hydrogen) atoms. The smallest absolute Gasteiger partial charge is 0.238 e. The number of nitrogens with one attached hydrogen (secondary N) is 3. The number of hydrogen-bond acceptors (Lipinski definition) is 4. The van der Waals surface area contributed by atoms with Crippen molar-refractivity contribution in [1.82, 2.24) is 10.9 Å². The molecule has 0 saturated carbocycles. The Labute approximate surface area is 129 Å². The Morgan fingerprint density at radius 1 is 0.909 bits per heavy atom. The van der Waals surface area contributed by atoms with Crippen LogP contribution in [0.5, 0.6) is 5.75 Å². The molecule has 0 aliphatic carbocycles. The zero-order valence-electron chi connectivity index (χ0n) is 12.8. The van der Waals surface area contributed by atoms with E-state index in [1.165, 1.54) is 0 Å². The lowest BCUT2D eigenvalue weighted by atomic mass is 10.2. The van der Waals surface area contributed by atoms with Gasteiger partial charge in [-0.1, -0.05) is 6.92 Å². The van der Waals surface area contributed by atoms with Gasteiger partial charge in [0.05, 0.1) is 6.61 Å². The Balaban J connectivity index is 2.30. The van der Waals surface area contributed by atoms with Crippen molar-refractivity contribution in [3.05, 3.63) is 24.3 Å². The van der Waals surface area contributed by atoms with Crippen LogP contribution in [0.3, 0.4) is 0 Å². The summed E-state index contributed by atoms with van der Waals surface area (Å²) in [7, 11) is 0. The number of amides is 3. The van der Waals surface area contributed by atoms with E-state index in [-0.39, 0.29) is 31.1 Å². The summed E-state index contributed by atoms with van der Waals surface area (Å²) >= 11 is 0. The lowest BCUT2D eigenvalue weighted by molar-refractivity contribution is -0.129. The van der Waals surface area contributed by atoms with Crippen LogP contribution < -0.4 is 20.9 Å². The summed E-state index contributed by atoms with van der Waals surface area (Å²) < 4.78 is 5.30. The van der Waals surface area contributed by atoms with Crippen molar-refractivity contribution in [2.24, 2.45) is 0 Å². The van der Waals surface area contributed by atoms with Crippen LogP contribution in [0, 0.1) is 0 Å². The molecule has 0 heterocycles. The first-order chi connectivity index (χ1) is 10.5. The van der Waals surface area contributed by atoms with Gasteiger partial charge in [-0.3, -0.25) is 25.2 Å². The van der Waals surface area contributed by atoms with Gasteiger partial charge in [-0.15, -0.1) is 0 Å². The molecule has 1 aromatic rings. The van der Waals surface area contributed by atoms with Gasteiger partial charge in [0.25, 0.3) is 0 Å². The highest BCUT2D eigenvalue weighted by Gasteiger charge is 2.08. The summed E-state index contributed by atoms with van der Waals surface area (Å²) in [6, 6.07) is 6.97. The molecule has 0 unspecified atom stereocenters. The molecule has 0 fully saturated rings. The number of hydrogen-bond donors (Lipinski definition) is 3. The van der Waals surface area contributed by atoms with E-state index in [0.29, 0.717) is 12.3 Å². The highest BCUT2D eigenvalue weighted by Crippen LogP contribution is 2.15. The number of rotatable bonds is 7. The van der Waals surface area contributed by atoms with Gasteiger partial charge in [0.15, 0.2) is 0 Å². The lowest BCUT2D eigenvalue weighted by Crippen LogP contribution is -2.41. The fraction of sp³-hybridized carbons (Fsp3) is 0.400. The van der Waals surface area contributed by atoms with Crippen molar-refractivity contribution >= 4 is 23.4 Å². The maximum atomic E-state index is 11.7. The van der Waals surface area contributed by atoms with Crippen molar-refractivity contribution < 1.29 is 19.1 Å². The van der Waals surface area contributed by atoms with Gasteiger partial charge in [0.2, 0.25) is 17.7 Å². The molecular formula is C15H21N3O4. The standard InChI is InChI=1S/C15H21N3O4/c1-3-13(19)17-18-15(21)10-9-14(20)16-11-5-7-12(8-6-11)22-4-2/h5-8H,3-4,9-10H2,1-2H3,(H,16,20)(H,17,19)(H,18,21). The SMILES string of the molecule is CCOc1ccc(NC(=O)CCC(=O)NNC(=O)CC)cc1. The van der Waals surface area contributed by atoms with Crippen molar-refractivity contribution in [2.75, 3.05) is 11.9 Å². The topological polar surface area (TPSA) is 96.5 Å². The molecule has 0 spiro atoms. The molecule has 0 radical (unpaired) electrons. The van der Waals surface area contributed by atoms with E-state index < -0.39 is 5.91 Å². The highest BCUT2D eigenvalue weighted by atomic mass is 16.5. The molecule has 7 heteroatoms. The Hall–Kier alpha value is -2.57. The predicted molar refractivity (Wildman–Crippen MR) is 82.1 cm³/mol. The Bertz CT molecular complexity index is 514. The second kappa shape index (κ2) is 9.38. The molecular weight excluding hydrogens is 286 g/mol. The van der Waals surface area contributed by atoms with Crippen LogP contribution in [-0.2, 0) is 14.4 Å². The molecule has 3 N–H and O–H groups in total. The maximum absolute atomic E-state index is 11.7. The molecule has 1 aromatic carbocycles. The Morgan fingerprint density at radius 2 is 1.50 bits per heavy atom. The maximum Gasteiger partial charge on any atom is 0.238 e. The minimum atomic E-state index is -0.413. The van der Waals surface area contributed by atoms with Crippen LogP contribution >= 0.6 is 0 Å². The molecule has 0 atom stereocenters. The minimum Gasteiger partial charge on any atom is -0.494 e. The third-order valence-corrected chi connectivity index (χ3v) is 2.69. The molecule has 7 nitrogen and oxygen atoms in total. The number of anilines is 1. The summed E-state index contributed by atoms with van der Waals surface area (Å²) in [5.74, 6) is -0.247. The van der Waals surface area contributed by atoms with Crippen LogP contribution in [0.15, 0.2) is 24.3 Å². The quantitative estimate of drug-likeness (QED) is 0.663. The van der Waals surface area contributed by atoms with Crippen LogP contribution in [0.4, 0.5) is 5.69 Å². The van der Waals surface area contributed by atoms with Gasteiger partial charge in [0, 0.05) is 24.9 Å². The molecule has 0 bridgehead atoms. The first-order valence-corrected chi connectivity index (χ1v) is 7.15. The van der Waals surface area contributed by atoms with Crippen molar-refractivity contribution in [2.45, 2.75) is 33.1 Å². The van der Waals surface area contributed by atoms with Crippen LogP contribution in [-0.4, -0.2) is 24.3 Å². The zero-order chi connectivity index (χ0) is 16.4. The fourth-order valence-corrected chi connectivity index (χ4v) is 1.54. The molecule has 0 aliphatic heterocycles. The monoisotopic (exact) mass is 307 g/mol. The normalized spacial score (nSPS) is 9.73. The van der Waals surface area contributed by atoms with E-state index in [0.717, 1.165) is 5.75 Å². The number of ether oxygens (including phenoxy) is 1. The number of hydrazine groups is 1. The summed E-state index contributed by atoms with van der Waals surface area (Å²) in [6.45, 7) is 4.14. The fourth-order valence-electron chi connectivity index (χ4n) is 1.54. The largest absolute Gasteiger partial charge is 0.494 e. The first-order valence-electron chi connectivity index (χ1n) is 7.15. The van der Waals surface area contributed by atoms with Crippen molar-refractivity contribution in [3.8, 4) is 5.75 Å². The first kappa shape index (κ1) is 17.5. The lowest BCUT2D eigenvalue weighted by Gasteiger charge is -2.08.